The Hall–Kier alpha value is -3.18. The highest BCUT2D eigenvalue weighted by Crippen LogP contribution is 2.21. The lowest BCUT2D eigenvalue weighted by Crippen LogP contribution is -2.19. The Balaban J connectivity index is 1.57. The van der Waals surface area contributed by atoms with Crippen LogP contribution in [0, 0.1) is 6.92 Å². The molecule has 0 atom stereocenters. The van der Waals surface area contributed by atoms with Gasteiger partial charge in [-0.25, -0.2) is 5.43 Å². The van der Waals surface area contributed by atoms with Gasteiger partial charge in [-0.05, 0) is 61.4 Å². The SMILES string of the molecule is C/C(=N/NC(=O)c1ccc(COc2ccc(Cl)c(C)c2)cc1)c1cccnc1. The van der Waals surface area contributed by atoms with Crippen LogP contribution in [-0.4, -0.2) is 16.6 Å². The maximum Gasteiger partial charge on any atom is 0.271 e. The van der Waals surface area contributed by atoms with Gasteiger partial charge in [-0.3, -0.25) is 9.78 Å². The third kappa shape index (κ3) is 5.18. The molecule has 142 valence electrons. The molecule has 0 aliphatic carbocycles. The molecule has 1 heterocycles. The molecule has 0 aliphatic rings. The number of hydrogen-bond acceptors (Lipinski definition) is 4. The van der Waals surface area contributed by atoms with E-state index in [1.165, 1.54) is 0 Å². The molecule has 0 spiro atoms. The number of amides is 1. The van der Waals surface area contributed by atoms with Crippen molar-refractivity contribution in [2.75, 3.05) is 0 Å². The lowest BCUT2D eigenvalue weighted by atomic mass is 10.1. The minimum Gasteiger partial charge on any atom is -0.489 e. The summed E-state index contributed by atoms with van der Waals surface area (Å²) in [5, 5.41) is 4.84. The molecular weight excluding hydrogens is 374 g/mol. The van der Waals surface area contributed by atoms with E-state index >= 15 is 0 Å². The second-order valence-electron chi connectivity index (χ2n) is 6.28. The molecule has 3 rings (SSSR count). The van der Waals surface area contributed by atoms with Gasteiger partial charge in [-0.15, -0.1) is 0 Å². The van der Waals surface area contributed by atoms with E-state index < -0.39 is 0 Å². The zero-order chi connectivity index (χ0) is 19.9. The van der Waals surface area contributed by atoms with Crippen LogP contribution in [0.4, 0.5) is 0 Å². The van der Waals surface area contributed by atoms with E-state index in [9.17, 15) is 4.79 Å². The summed E-state index contributed by atoms with van der Waals surface area (Å²) >= 11 is 6.02. The van der Waals surface area contributed by atoms with Crippen LogP contribution in [0.1, 0.15) is 34.0 Å². The second kappa shape index (κ2) is 9.15. The Labute approximate surface area is 169 Å². The summed E-state index contributed by atoms with van der Waals surface area (Å²) in [6.07, 6.45) is 3.39. The molecule has 0 bridgehead atoms. The zero-order valence-corrected chi connectivity index (χ0v) is 16.4. The predicted molar refractivity (Wildman–Crippen MR) is 111 cm³/mol. The number of hydrazone groups is 1. The Morgan fingerprint density at radius 2 is 1.93 bits per heavy atom. The summed E-state index contributed by atoms with van der Waals surface area (Å²) < 4.78 is 5.77. The number of aryl methyl sites for hydroxylation is 1. The molecule has 1 amide bonds. The van der Waals surface area contributed by atoms with Crippen molar-refractivity contribution >= 4 is 23.2 Å². The summed E-state index contributed by atoms with van der Waals surface area (Å²) in [5.41, 5.74) is 6.55. The normalized spacial score (nSPS) is 11.2. The smallest absolute Gasteiger partial charge is 0.271 e. The lowest BCUT2D eigenvalue weighted by Gasteiger charge is -2.08. The number of pyridine rings is 1. The number of benzene rings is 2. The van der Waals surface area contributed by atoms with Crippen LogP contribution in [0.5, 0.6) is 5.75 Å². The molecular formula is C22H20ClN3O2. The van der Waals surface area contributed by atoms with Gasteiger partial charge in [0.05, 0.1) is 5.71 Å². The number of nitrogens with zero attached hydrogens (tertiary/aromatic N) is 2. The van der Waals surface area contributed by atoms with Gasteiger partial charge in [0.2, 0.25) is 0 Å². The van der Waals surface area contributed by atoms with Crippen molar-refractivity contribution < 1.29 is 9.53 Å². The molecule has 1 N–H and O–H groups in total. The maximum atomic E-state index is 12.3. The number of carbonyl (C=O) groups excluding carboxylic acids is 1. The highest BCUT2D eigenvalue weighted by atomic mass is 35.5. The fourth-order valence-electron chi connectivity index (χ4n) is 2.47. The van der Waals surface area contributed by atoms with Gasteiger partial charge in [-0.1, -0.05) is 29.8 Å². The quantitative estimate of drug-likeness (QED) is 0.484. The third-order valence-corrected chi connectivity index (χ3v) is 4.58. The summed E-state index contributed by atoms with van der Waals surface area (Å²) in [4.78, 5) is 16.3. The first-order chi connectivity index (χ1) is 13.5. The van der Waals surface area contributed by atoms with E-state index in [1.54, 1.807) is 24.5 Å². The van der Waals surface area contributed by atoms with Crippen molar-refractivity contribution in [3.05, 3.63) is 94.3 Å². The molecule has 6 heteroatoms. The van der Waals surface area contributed by atoms with E-state index in [1.807, 2.05) is 56.3 Å². The molecule has 0 saturated heterocycles. The summed E-state index contributed by atoms with van der Waals surface area (Å²) in [7, 11) is 0. The second-order valence-corrected chi connectivity index (χ2v) is 6.68. The molecule has 0 aliphatic heterocycles. The Morgan fingerprint density at radius 1 is 1.14 bits per heavy atom. The van der Waals surface area contributed by atoms with Gasteiger partial charge in [0.1, 0.15) is 12.4 Å². The topological polar surface area (TPSA) is 63.6 Å². The van der Waals surface area contributed by atoms with Gasteiger partial charge in [0.15, 0.2) is 0 Å². The van der Waals surface area contributed by atoms with Gasteiger partial charge in [0.25, 0.3) is 5.91 Å². The number of carbonyl (C=O) groups is 1. The number of hydrogen-bond donors (Lipinski definition) is 1. The Bertz CT molecular complexity index is 986. The van der Waals surface area contributed by atoms with E-state index in [2.05, 4.69) is 15.5 Å². The molecule has 0 radical (unpaired) electrons. The van der Waals surface area contributed by atoms with E-state index in [0.717, 1.165) is 22.4 Å². The molecule has 3 aromatic rings. The summed E-state index contributed by atoms with van der Waals surface area (Å²) in [5.74, 6) is 0.480. The Morgan fingerprint density at radius 3 is 2.61 bits per heavy atom. The third-order valence-electron chi connectivity index (χ3n) is 4.16. The average Bonchev–Trinajstić information content (AvgIpc) is 2.73. The van der Waals surface area contributed by atoms with Crippen LogP contribution < -0.4 is 10.2 Å². The molecule has 5 nitrogen and oxygen atoms in total. The summed E-state index contributed by atoms with van der Waals surface area (Å²) in [6, 6.07) is 16.5. The molecule has 0 saturated carbocycles. The van der Waals surface area contributed by atoms with Gasteiger partial charge in [0, 0.05) is 28.5 Å². The fourth-order valence-corrected chi connectivity index (χ4v) is 2.58. The average molecular weight is 394 g/mol. The van der Waals surface area contributed by atoms with Crippen molar-refractivity contribution in [1.29, 1.82) is 0 Å². The molecule has 0 unspecified atom stereocenters. The van der Waals surface area contributed by atoms with Crippen molar-refractivity contribution in [3.63, 3.8) is 0 Å². The molecule has 2 aromatic carbocycles. The molecule has 28 heavy (non-hydrogen) atoms. The van der Waals surface area contributed by atoms with Gasteiger partial charge in [-0.2, -0.15) is 5.10 Å². The lowest BCUT2D eigenvalue weighted by molar-refractivity contribution is 0.0955. The van der Waals surface area contributed by atoms with Crippen molar-refractivity contribution in [2.45, 2.75) is 20.5 Å². The number of rotatable bonds is 6. The minimum absolute atomic E-state index is 0.274. The van der Waals surface area contributed by atoms with Crippen LogP contribution in [0.25, 0.3) is 0 Å². The first kappa shape index (κ1) is 19.6. The minimum atomic E-state index is -0.274. The van der Waals surface area contributed by atoms with Gasteiger partial charge < -0.3 is 4.74 Å². The number of nitrogens with one attached hydrogen (secondary N) is 1. The van der Waals surface area contributed by atoms with E-state index in [0.29, 0.717) is 22.9 Å². The monoisotopic (exact) mass is 393 g/mol. The maximum absolute atomic E-state index is 12.3. The van der Waals surface area contributed by atoms with E-state index in [-0.39, 0.29) is 5.91 Å². The summed E-state index contributed by atoms with van der Waals surface area (Å²) in [6.45, 7) is 4.15. The van der Waals surface area contributed by atoms with Gasteiger partial charge >= 0.3 is 0 Å². The zero-order valence-electron chi connectivity index (χ0n) is 15.6. The molecule has 1 aromatic heterocycles. The first-order valence-electron chi connectivity index (χ1n) is 8.76. The standard InChI is InChI=1S/C22H20ClN3O2/c1-15-12-20(9-10-21(15)23)28-14-17-5-7-18(8-6-17)22(27)26-25-16(2)19-4-3-11-24-13-19/h3-13H,14H2,1-2H3,(H,26,27)/b25-16-. The van der Waals surface area contributed by atoms with Crippen LogP contribution >= 0.6 is 11.6 Å². The van der Waals surface area contributed by atoms with Crippen LogP contribution in [-0.2, 0) is 6.61 Å². The van der Waals surface area contributed by atoms with E-state index in [4.69, 9.17) is 16.3 Å². The fraction of sp³-hybridized carbons (Fsp3) is 0.136. The highest BCUT2D eigenvalue weighted by Gasteiger charge is 2.06. The van der Waals surface area contributed by atoms with Crippen molar-refractivity contribution in [3.8, 4) is 5.75 Å². The highest BCUT2D eigenvalue weighted by molar-refractivity contribution is 6.31. The van der Waals surface area contributed by atoms with Crippen molar-refractivity contribution in [1.82, 2.24) is 10.4 Å². The molecule has 0 fully saturated rings. The predicted octanol–water partition coefficient (Wildman–Crippen LogP) is 4.78. The number of halogens is 1. The number of ether oxygens (including phenoxy) is 1. The first-order valence-corrected chi connectivity index (χ1v) is 9.13. The van der Waals surface area contributed by atoms with Crippen LogP contribution in [0.15, 0.2) is 72.1 Å². The van der Waals surface area contributed by atoms with Crippen LogP contribution in [0.2, 0.25) is 5.02 Å². The Kier molecular flexibility index (Phi) is 6.40. The number of aromatic nitrogens is 1. The van der Waals surface area contributed by atoms with Crippen molar-refractivity contribution in [2.24, 2.45) is 5.10 Å². The van der Waals surface area contributed by atoms with Crippen LogP contribution in [0.3, 0.4) is 0 Å². The largest absolute Gasteiger partial charge is 0.489 e.